The van der Waals surface area contributed by atoms with E-state index in [0.717, 1.165) is 5.56 Å². The van der Waals surface area contributed by atoms with Crippen molar-refractivity contribution in [1.82, 2.24) is 9.47 Å². The third-order valence-corrected chi connectivity index (χ3v) is 3.41. The number of aromatic nitrogens is 1. The van der Waals surface area contributed by atoms with Gasteiger partial charge in [0.2, 0.25) is 0 Å². The number of hydrogen-bond acceptors (Lipinski definition) is 2. The highest BCUT2D eigenvalue weighted by atomic mass is 19.1. The Morgan fingerprint density at radius 1 is 1.33 bits per heavy atom. The van der Waals surface area contributed by atoms with E-state index in [1.165, 1.54) is 12.1 Å². The molecule has 0 atom stereocenters. The number of rotatable bonds is 5. The highest BCUT2D eigenvalue weighted by molar-refractivity contribution is 5.93. The zero-order valence-corrected chi connectivity index (χ0v) is 12.3. The highest BCUT2D eigenvalue weighted by Gasteiger charge is 2.18. The van der Waals surface area contributed by atoms with E-state index in [4.69, 9.17) is 5.73 Å². The number of anilines is 1. The molecule has 1 amide bonds. The highest BCUT2D eigenvalue weighted by Crippen LogP contribution is 2.15. The number of hydrogen-bond donors (Lipinski definition) is 1. The summed E-state index contributed by atoms with van der Waals surface area (Å²) < 4.78 is 15.1. The first-order valence-corrected chi connectivity index (χ1v) is 7.04. The summed E-state index contributed by atoms with van der Waals surface area (Å²) in [6.07, 6.45) is 1.75. The molecule has 1 aromatic carbocycles. The summed E-state index contributed by atoms with van der Waals surface area (Å²) in [5.74, 6) is -0.391. The molecule has 112 valence electrons. The number of carbonyl (C=O) groups excluding carboxylic acids is 1. The van der Waals surface area contributed by atoms with Gasteiger partial charge >= 0.3 is 0 Å². The van der Waals surface area contributed by atoms with Gasteiger partial charge in [-0.3, -0.25) is 4.79 Å². The van der Waals surface area contributed by atoms with Gasteiger partial charge in [-0.15, -0.1) is 0 Å². The van der Waals surface area contributed by atoms with Gasteiger partial charge in [0.25, 0.3) is 5.91 Å². The van der Waals surface area contributed by atoms with Gasteiger partial charge in [0.15, 0.2) is 0 Å². The molecule has 0 fully saturated rings. The Kier molecular flexibility index (Phi) is 4.62. The van der Waals surface area contributed by atoms with Gasteiger partial charge < -0.3 is 15.2 Å². The number of nitrogens with zero attached hydrogens (tertiary/aromatic N) is 2. The van der Waals surface area contributed by atoms with Gasteiger partial charge in [-0.25, -0.2) is 4.39 Å². The SMILES string of the molecule is CCN(Cc1cccc(F)c1)C(=O)c1cc(N)cn1CC. The Morgan fingerprint density at radius 2 is 2.10 bits per heavy atom. The van der Waals surface area contributed by atoms with Crippen molar-refractivity contribution in [3.8, 4) is 0 Å². The lowest BCUT2D eigenvalue weighted by molar-refractivity contribution is 0.0741. The molecular weight excluding hydrogens is 269 g/mol. The van der Waals surface area contributed by atoms with Crippen LogP contribution < -0.4 is 5.73 Å². The molecule has 2 N–H and O–H groups in total. The molecule has 0 radical (unpaired) electrons. The van der Waals surface area contributed by atoms with Gasteiger partial charge in [-0.1, -0.05) is 12.1 Å². The van der Waals surface area contributed by atoms with E-state index in [1.54, 1.807) is 23.2 Å². The van der Waals surface area contributed by atoms with Crippen LogP contribution in [0.2, 0.25) is 0 Å². The summed E-state index contributed by atoms with van der Waals surface area (Å²) in [7, 11) is 0. The van der Waals surface area contributed by atoms with Gasteiger partial charge in [0, 0.05) is 25.8 Å². The van der Waals surface area contributed by atoms with Crippen molar-refractivity contribution in [3.05, 3.63) is 53.6 Å². The molecule has 0 aliphatic rings. The summed E-state index contributed by atoms with van der Waals surface area (Å²) in [5, 5.41) is 0. The zero-order chi connectivity index (χ0) is 15.4. The van der Waals surface area contributed by atoms with Crippen LogP contribution in [0.5, 0.6) is 0 Å². The molecule has 1 aromatic heterocycles. The topological polar surface area (TPSA) is 51.3 Å². The summed E-state index contributed by atoms with van der Waals surface area (Å²) in [5.41, 5.74) is 7.67. The Bertz CT molecular complexity index is 636. The first kappa shape index (κ1) is 15.1. The Morgan fingerprint density at radius 3 is 2.71 bits per heavy atom. The maximum Gasteiger partial charge on any atom is 0.270 e. The molecule has 0 bridgehead atoms. The Labute approximate surface area is 124 Å². The third-order valence-electron chi connectivity index (χ3n) is 3.41. The molecule has 5 heteroatoms. The minimum Gasteiger partial charge on any atom is -0.397 e. The predicted octanol–water partition coefficient (Wildman–Crippen LogP) is 2.89. The lowest BCUT2D eigenvalue weighted by Gasteiger charge is -2.21. The summed E-state index contributed by atoms with van der Waals surface area (Å²) in [6.45, 7) is 5.46. The van der Waals surface area contributed by atoms with E-state index in [-0.39, 0.29) is 11.7 Å². The second-order valence-corrected chi connectivity index (χ2v) is 4.89. The normalized spacial score (nSPS) is 10.6. The minimum atomic E-state index is -0.294. The lowest BCUT2D eigenvalue weighted by Crippen LogP contribution is -2.31. The van der Waals surface area contributed by atoms with Crippen molar-refractivity contribution < 1.29 is 9.18 Å². The maximum absolute atomic E-state index is 13.2. The molecule has 2 rings (SSSR count). The molecule has 1 heterocycles. The number of amides is 1. The first-order valence-electron chi connectivity index (χ1n) is 7.04. The van der Waals surface area contributed by atoms with E-state index in [1.807, 2.05) is 24.5 Å². The molecule has 0 aliphatic heterocycles. The summed E-state index contributed by atoms with van der Waals surface area (Å²) in [4.78, 5) is 14.3. The fourth-order valence-corrected chi connectivity index (χ4v) is 2.32. The van der Waals surface area contributed by atoms with Crippen molar-refractivity contribution in [2.45, 2.75) is 26.9 Å². The van der Waals surface area contributed by atoms with E-state index >= 15 is 0 Å². The van der Waals surface area contributed by atoms with Crippen LogP contribution in [0.1, 0.15) is 29.9 Å². The zero-order valence-electron chi connectivity index (χ0n) is 12.3. The van der Waals surface area contributed by atoms with Crippen molar-refractivity contribution in [2.75, 3.05) is 12.3 Å². The van der Waals surface area contributed by atoms with E-state index in [0.29, 0.717) is 31.0 Å². The number of nitrogens with two attached hydrogens (primary N) is 1. The van der Waals surface area contributed by atoms with Crippen molar-refractivity contribution >= 4 is 11.6 Å². The number of halogens is 1. The molecule has 2 aromatic rings. The van der Waals surface area contributed by atoms with Crippen molar-refractivity contribution in [3.63, 3.8) is 0 Å². The molecule has 0 saturated heterocycles. The fraction of sp³-hybridized carbons (Fsp3) is 0.312. The quantitative estimate of drug-likeness (QED) is 0.920. The molecule has 0 unspecified atom stereocenters. The molecule has 0 aliphatic carbocycles. The average molecular weight is 289 g/mol. The number of nitrogen functional groups attached to an aromatic ring is 1. The van der Waals surface area contributed by atoms with Crippen LogP contribution in [-0.4, -0.2) is 21.9 Å². The average Bonchev–Trinajstić information content (AvgIpc) is 2.85. The molecule has 4 nitrogen and oxygen atoms in total. The Hall–Kier alpha value is -2.30. The van der Waals surface area contributed by atoms with Crippen LogP contribution in [0.3, 0.4) is 0 Å². The maximum atomic E-state index is 13.2. The second kappa shape index (κ2) is 6.43. The van der Waals surface area contributed by atoms with Crippen LogP contribution >= 0.6 is 0 Å². The van der Waals surface area contributed by atoms with Crippen LogP contribution in [-0.2, 0) is 13.1 Å². The van der Waals surface area contributed by atoms with E-state index in [9.17, 15) is 9.18 Å². The molecule has 0 saturated carbocycles. The van der Waals surface area contributed by atoms with E-state index < -0.39 is 0 Å². The van der Waals surface area contributed by atoms with Gasteiger partial charge in [-0.2, -0.15) is 0 Å². The summed E-state index contributed by atoms with van der Waals surface area (Å²) in [6, 6.07) is 7.98. The first-order chi connectivity index (χ1) is 10.0. The molecular formula is C16H20FN3O. The molecule has 0 spiro atoms. The van der Waals surface area contributed by atoms with Gasteiger partial charge in [0.05, 0.1) is 5.69 Å². The minimum absolute atomic E-state index is 0.0969. The van der Waals surface area contributed by atoms with Gasteiger partial charge in [-0.05, 0) is 37.6 Å². The van der Waals surface area contributed by atoms with Gasteiger partial charge in [0.1, 0.15) is 11.5 Å². The summed E-state index contributed by atoms with van der Waals surface area (Å²) >= 11 is 0. The number of carbonyl (C=O) groups is 1. The van der Waals surface area contributed by atoms with Crippen LogP contribution in [0, 0.1) is 5.82 Å². The standard InChI is InChI=1S/C16H20FN3O/c1-3-19-11-14(18)9-15(19)16(21)20(4-2)10-12-6-5-7-13(17)8-12/h5-9,11H,3-4,10,18H2,1-2H3. The third kappa shape index (κ3) is 3.42. The van der Waals surface area contributed by atoms with Crippen LogP contribution in [0.15, 0.2) is 36.5 Å². The second-order valence-electron chi connectivity index (χ2n) is 4.89. The van der Waals surface area contributed by atoms with Crippen molar-refractivity contribution in [1.29, 1.82) is 0 Å². The monoisotopic (exact) mass is 289 g/mol. The smallest absolute Gasteiger partial charge is 0.270 e. The lowest BCUT2D eigenvalue weighted by atomic mass is 10.2. The number of aryl methyl sites for hydroxylation is 1. The van der Waals surface area contributed by atoms with E-state index in [2.05, 4.69) is 0 Å². The predicted molar refractivity (Wildman–Crippen MR) is 81.3 cm³/mol. The molecule has 21 heavy (non-hydrogen) atoms. The largest absolute Gasteiger partial charge is 0.397 e. The van der Waals surface area contributed by atoms with Crippen molar-refractivity contribution in [2.24, 2.45) is 0 Å². The Balaban J connectivity index is 2.22. The van der Waals surface area contributed by atoms with Crippen LogP contribution in [0.4, 0.5) is 10.1 Å². The fourth-order valence-electron chi connectivity index (χ4n) is 2.32. The van der Waals surface area contributed by atoms with Crippen LogP contribution in [0.25, 0.3) is 0 Å². The number of benzene rings is 1.